The molecule has 0 saturated heterocycles. The predicted molar refractivity (Wildman–Crippen MR) is 142 cm³/mol. The van der Waals surface area contributed by atoms with E-state index < -0.39 is 18.2 Å². The van der Waals surface area contributed by atoms with Crippen LogP contribution in [0.15, 0.2) is 64.2 Å². The third-order valence-corrected chi connectivity index (χ3v) is 6.11. The Balaban J connectivity index is 1.57. The molecule has 35 heavy (non-hydrogen) atoms. The number of halogens is 3. The number of methoxy groups -OCH3 is 1. The van der Waals surface area contributed by atoms with Crippen molar-refractivity contribution in [2.45, 2.75) is 20.0 Å². The normalized spacial score (nSPS) is 10.8. The minimum atomic E-state index is -0.596. The molecular formula is C25H22BrCl2N3O4. The average molecular weight is 579 g/mol. The number of anilines is 1. The molecule has 182 valence electrons. The highest BCUT2D eigenvalue weighted by atomic mass is 79.9. The number of carbonyl (C=O) groups is 2. The van der Waals surface area contributed by atoms with E-state index in [-0.39, 0.29) is 5.02 Å². The van der Waals surface area contributed by atoms with E-state index in [4.69, 9.17) is 32.7 Å². The van der Waals surface area contributed by atoms with Crippen LogP contribution in [0.5, 0.6) is 11.5 Å². The van der Waals surface area contributed by atoms with Crippen LogP contribution < -0.4 is 20.2 Å². The second-order valence-corrected chi connectivity index (χ2v) is 9.07. The first-order valence-electron chi connectivity index (χ1n) is 10.4. The van der Waals surface area contributed by atoms with Gasteiger partial charge in [-0.25, -0.2) is 5.43 Å². The molecule has 2 amide bonds. The van der Waals surface area contributed by atoms with E-state index in [0.29, 0.717) is 38.9 Å². The second kappa shape index (κ2) is 12.6. The maximum atomic E-state index is 12.1. The Kier molecular flexibility index (Phi) is 9.54. The Hall–Kier alpha value is -3.07. The maximum Gasteiger partial charge on any atom is 0.249 e. The van der Waals surface area contributed by atoms with Crippen molar-refractivity contribution in [3.05, 3.63) is 85.8 Å². The summed E-state index contributed by atoms with van der Waals surface area (Å²) in [5.41, 5.74) is 5.49. The fourth-order valence-corrected chi connectivity index (χ4v) is 3.88. The first kappa shape index (κ1) is 26.5. The van der Waals surface area contributed by atoms with E-state index in [0.717, 1.165) is 5.56 Å². The van der Waals surface area contributed by atoms with E-state index in [9.17, 15) is 9.59 Å². The minimum absolute atomic E-state index is 0.201. The van der Waals surface area contributed by atoms with Crippen LogP contribution in [-0.2, 0) is 16.2 Å². The second-order valence-electron chi connectivity index (χ2n) is 7.43. The zero-order valence-electron chi connectivity index (χ0n) is 18.9. The summed E-state index contributed by atoms with van der Waals surface area (Å²) in [7, 11) is 1.54. The van der Waals surface area contributed by atoms with Crippen molar-refractivity contribution >= 4 is 62.8 Å². The molecule has 0 aliphatic rings. The number of rotatable bonds is 9. The fourth-order valence-electron chi connectivity index (χ4n) is 2.95. The van der Waals surface area contributed by atoms with Crippen molar-refractivity contribution in [2.24, 2.45) is 5.10 Å². The SMILES string of the molecule is COc1cc(C=NNC(=O)CC(=O)Nc2cccc(Cl)c2Cl)cc(Br)c1OCc1ccc(C)cc1. The van der Waals surface area contributed by atoms with Gasteiger partial charge in [-0.15, -0.1) is 0 Å². The van der Waals surface area contributed by atoms with Crippen LogP contribution in [0.3, 0.4) is 0 Å². The number of hydrogen-bond acceptors (Lipinski definition) is 5. The highest BCUT2D eigenvalue weighted by molar-refractivity contribution is 9.10. The maximum absolute atomic E-state index is 12.1. The molecule has 0 fully saturated rings. The van der Waals surface area contributed by atoms with Crippen molar-refractivity contribution in [2.75, 3.05) is 12.4 Å². The number of amides is 2. The van der Waals surface area contributed by atoms with Gasteiger partial charge in [0.25, 0.3) is 0 Å². The third-order valence-electron chi connectivity index (χ3n) is 4.71. The molecule has 2 N–H and O–H groups in total. The highest BCUT2D eigenvalue weighted by Crippen LogP contribution is 2.37. The largest absolute Gasteiger partial charge is 0.493 e. The van der Waals surface area contributed by atoms with Crippen LogP contribution in [0.4, 0.5) is 5.69 Å². The Bertz CT molecular complexity index is 1250. The molecule has 0 bridgehead atoms. The van der Waals surface area contributed by atoms with Gasteiger partial charge in [0, 0.05) is 0 Å². The summed E-state index contributed by atoms with van der Waals surface area (Å²) in [5.74, 6) is -0.106. The minimum Gasteiger partial charge on any atom is -0.493 e. The lowest BCUT2D eigenvalue weighted by molar-refractivity contribution is -0.126. The zero-order chi connectivity index (χ0) is 25.4. The molecule has 0 atom stereocenters. The van der Waals surface area contributed by atoms with Gasteiger partial charge in [0.05, 0.1) is 33.5 Å². The average Bonchev–Trinajstić information content (AvgIpc) is 2.82. The number of carbonyl (C=O) groups excluding carboxylic acids is 2. The van der Waals surface area contributed by atoms with E-state index in [2.05, 4.69) is 31.8 Å². The molecule has 0 aromatic heterocycles. The Labute approximate surface area is 221 Å². The smallest absolute Gasteiger partial charge is 0.249 e. The predicted octanol–water partition coefficient (Wildman–Crippen LogP) is 6.13. The van der Waals surface area contributed by atoms with Gasteiger partial charge >= 0.3 is 0 Å². The number of nitrogens with zero attached hydrogens (tertiary/aromatic N) is 1. The van der Waals surface area contributed by atoms with Gasteiger partial charge < -0.3 is 14.8 Å². The summed E-state index contributed by atoms with van der Waals surface area (Å²) in [4.78, 5) is 24.2. The van der Waals surface area contributed by atoms with E-state index in [1.807, 2.05) is 31.2 Å². The van der Waals surface area contributed by atoms with E-state index in [1.54, 1.807) is 30.3 Å². The van der Waals surface area contributed by atoms with Crippen LogP contribution in [0, 0.1) is 6.92 Å². The van der Waals surface area contributed by atoms with Crippen molar-refractivity contribution in [3.63, 3.8) is 0 Å². The fraction of sp³-hybridized carbons (Fsp3) is 0.160. The molecule has 7 nitrogen and oxygen atoms in total. The third kappa shape index (κ3) is 7.71. The summed E-state index contributed by atoms with van der Waals surface area (Å²) in [5, 5.41) is 6.95. The van der Waals surface area contributed by atoms with Crippen LogP contribution in [0.1, 0.15) is 23.1 Å². The van der Waals surface area contributed by atoms with Crippen LogP contribution in [0.2, 0.25) is 10.0 Å². The Morgan fingerprint density at radius 1 is 1.09 bits per heavy atom. The standard InChI is InChI=1S/C25H22BrCl2N3O4/c1-15-6-8-16(9-7-15)14-35-25-18(26)10-17(11-21(25)34-2)13-29-31-23(33)12-22(32)30-20-5-3-4-19(27)24(20)28/h3-11,13H,12,14H2,1-2H3,(H,30,32)(H,31,33). The van der Waals surface area contributed by atoms with Crippen molar-refractivity contribution < 1.29 is 19.1 Å². The first-order chi connectivity index (χ1) is 16.8. The molecular weight excluding hydrogens is 557 g/mol. The van der Waals surface area contributed by atoms with Crippen LogP contribution in [0.25, 0.3) is 0 Å². The van der Waals surface area contributed by atoms with E-state index in [1.165, 1.54) is 18.9 Å². The molecule has 10 heteroatoms. The lowest BCUT2D eigenvalue weighted by atomic mass is 10.2. The van der Waals surface area contributed by atoms with Gasteiger partial charge in [0.2, 0.25) is 11.8 Å². The van der Waals surface area contributed by atoms with Gasteiger partial charge in [-0.05, 0) is 58.2 Å². The summed E-state index contributed by atoms with van der Waals surface area (Å²) in [6.45, 7) is 2.40. The van der Waals surface area contributed by atoms with Gasteiger partial charge in [0.15, 0.2) is 11.5 Å². The van der Waals surface area contributed by atoms with Crippen molar-refractivity contribution in [1.82, 2.24) is 5.43 Å². The number of benzene rings is 3. The molecule has 0 spiro atoms. The number of hydrazone groups is 1. The number of hydrogen-bond donors (Lipinski definition) is 2. The van der Waals surface area contributed by atoms with Gasteiger partial charge in [0.1, 0.15) is 13.0 Å². The molecule has 0 unspecified atom stereocenters. The lowest BCUT2D eigenvalue weighted by Crippen LogP contribution is -2.24. The van der Waals surface area contributed by atoms with Crippen molar-refractivity contribution in [1.29, 1.82) is 0 Å². The van der Waals surface area contributed by atoms with Gasteiger partial charge in [-0.1, -0.05) is 59.1 Å². The quantitative estimate of drug-likeness (QED) is 0.181. The monoisotopic (exact) mass is 577 g/mol. The van der Waals surface area contributed by atoms with Gasteiger partial charge in [-0.3, -0.25) is 9.59 Å². The summed E-state index contributed by atoms with van der Waals surface area (Å²) in [6, 6.07) is 16.4. The summed E-state index contributed by atoms with van der Waals surface area (Å²) >= 11 is 15.5. The van der Waals surface area contributed by atoms with Gasteiger partial charge in [-0.2, -0.15) is 5.10 Å². The molecule has 3 aromatic carbocycles. The Morgan fingerprint density at radius 3 is 2.54 bits per heavy atom. The molecule has 0 aliphatic carbocycles. The zero-order valence-corrected chi connectivity index (χ0v) is 22.0. The number of ether oxygens (including phenoxy) is 2. The molecule has 0 saturated carbocycles. The Morgan fingerprint density at radius 2 is 1.83 bits per heavy atom. The number of aryl methyl sites for hydroxylation is 1. The van der Waals surface area contributed by atoms with Crippen LogP contribution in [-0.4, -0.2) is 25.1 Å². The number of nitrogens with one attached hydrogen (secondary N) is 2. The molecule has 0 heterocycles. The molecule has 3 rings (SSSR count). The first-order valence-corrected chi connectivity index (χ1v) is 11.9. The van der Waals surface area contributed by atoms with E-state index >= 15 is 0 Å². The van der Waals surface area contributed by atoms with Crippen molar-refractivity contribution in [3.8, 4) is 11.5 Å². The topological polar surface area (TPSA) is 89.0 Å². The molecule has 0 aliphatic heterocycles. The van der Waals surface area contributed by atoms with Crippen LogP contribution >= 0.6 is 39.1 Å². The lowest BCUT2D eigenvalue weighted by Gasteiger charge is -2.13. The summed E-state index contributed by atoms with van der Waals surface area (Å²) in [6.07, 6.45) is 0.986. The highest BCUT2D eigenvalue weighted by Gasteiger charge is 2.13. The molecule has 0 radical (unpaired) electrons. The molecule has 3 aromatic rings. The summed E-state index contributed by atoms with van der Waals surface area (Å²) < 4.78 is 12.1.